The summed E-state index contributed by atoms with van der Waals surface area (Å²) in [5.41, 5.74) is -0.242. The van der Waals surface area contributed by atoms with Gasteiger partial charge >= 0.3 is 0 Å². The highest BCUT2D eigenvalue weighted by molar-refractivity contribution is 7.99. The van der Waals surface area contributed by atoms with E-state index in [1.54, 1.807) is 18.0 Å². The molecule has 1 saturated heterocycles. The first-order chi connectivity index (χ1) is 9.21. The van der Waals surface area contributed by atoms with Gasteiger partial charge in [0.1, 0.15) is 0 Å². The summed E-state index contributed by atoms with van der Waals surface area (Å²) in [5, 5.41) is 7.33. The van der Waals surface area contributed by atoms with Crippen molar-refractivity contribution >= 4 is 17.7 Å². The van der Waals surface area contributed by atoms with Crippen LogP contribution in [0, 0.1) is 5.41 Å². The van der Waals surface area contributed by atoms with Crippen LogP contribution < -0.4 is 10.6 Å². The van der Waals surface area contributed by atoms with Crippen molar-refractivity contribution in [2.24, 2.45) is 5.41 Å². The first kappa shape index (κ1) is 14.3. The molecule has 104 valence electrons. The fourth-order valence-corrected chi connectivity index (χ4v) is 2.94. The van der Waals surface area contributed by atoms with Crippen molar-refractivity contribution < 1.29 is 4.79 Å². The van der Waals surface area contributed by atoms with E-state index >= 15 is 0 Å². The van der Waals surface area contributed by atoms with Crippen LogP contribution in [0.25, 0.3) is 0 Å². The van der Waals surface area contributed by atoms with Crippen LogP contribution in [0.15, 0.2) is 29.4 Å². The van der Waals surface area contributed by atoms with Gasteiger partial charge in [-0.25, -0.2) is 4.98 Å². The molecule has 2 N–H and O–H groups in total. The van der Waals surface area contributed by atoms with Gasteiger partial charge in [0.2, 0.25) is 5.91 Å². The van der Waals surface area contributed by atoms with E-state index in [9.17, 15) is 4.79 Å². The third-order valence-corrected chi connectivity index (χ3v) is 4.37. The number of pyridine rings is 1. The Balaban J connectivity index is 1.69. The van der Waals surface area contributed by atoms with Gasteiger partial charge in [0.15, 0.2) is 0 Å². The van der Waals surface area contributed by atoms with E-state index in [-0.39, 0.29) is 11.3 Å². The van der Waals surface area contributed by atoms with Crippen LogP contribution in [0.2, 0.25) is 0 Å². The summed E-state index contributed by atoms with van der Waals surface area (Å²) >= 11 is 1.67. The Labute approximate surface area is 118 Å². The SMILES string of the molecule is C[C@@]1(C(=O)NCCSc2ccccn2)CCCNC1. The number of rotatable bonds is 5. The topological polar surface area (TPSA) is 54.0 Å². The van der Waals surface area contributed by atoms with Crippen LogP contribution >= 0.6 is 11.8 Å². The van der Waals surface area contributed by atoms with Crippen molar-refractivity contribution in [3.8, 4) is 0 Å². The molecule has 19 heavy (non-hydrogen) atoms. The Bertz CT molecular complexity index is 404. The first-order valence-electron chi connectivity index (χ1n) is 6.74. The summed E-state index contributed by atoms with van der Waals surface area (Å²) in [6.07, 6.45) is 3.83. The van der Waals surface area contributed by atoms with Crippen LogP contribution in [0.3, 0.4) is 0 Å². The molecule has 1 atom stereocenters. The molecule has 0 radical (unpaired) electrons. The minimum atomic E-state index is -0.242. The standard InChI is InChI=1S/C14H21N3OS/c1-14(6-4-7-15-11-14)13(18)17-9-10-19-12-5-2-3-8-16-12/h2-3,5,8,15H,4,6-7,9-11H2,1H3,(H,17,18)/t14-/m1/s1. The van der Waals surface area contributed by atoms with E-state index in [1.807, 2.05) is 25.1 Å². The molecule has 1 aromatic heterocycles. The lowest BCUT2D eigenvalue weighted by atomic mass is 9.82. The average Bonchev–Trinajstić information content (AvgIpc) is 2.45. The van der Waals surface area contributed by atoms with Crippen LogP contribution in [0.5, 0.6) is 0 Å². The second kappa shape index (κ2) is 6.91. The Morgan fingerprint density at radius 3 is 3.16 bits per heavy atom. The van der Waals surface area contributed by atoms with Crippen molar-refractivity contribution in [3.05, 3.63) is 24.4 Å². The molecule has 1 fully saturated rings. The minimum absolute atomic E-state index is 0.168. The zero-order valence-corrected chi connectivity index (χ0v) is 12.1. The number of nitrogens with one attached hydrogen (secondary N) is 2. The fraction of sp³-hybridized carbons (Fsp3) is 0.571. The number of nitrogens with zero attached hydrogens (tertiary/aromatic N) is 1. The van der Waals surface area contributed by atoms with Gasteiger partial charge < -0.3 is 10.6 Å². The average molecular weight is 279 g/mol. The maximum atomic E-state index is 12.2. The Morgan fingerprint density at radius 1 is 1.58 bits per heavy atom. The number of aromatic nitrogens is 1. The van der Waals surface area contributed by atoms with Crippen LogP contribution in [-0.4, -0.2) is 36.3 Å². The summed E-state index contributed by atoms with van der Waals surface area (Å²) < 4.78 is 0. The third kappa shape index (κ3) is 4.21. The predicted molar refractivity (Wildman–Crippen MR) is 78.2 cm³/mol. The molecule has 2 heterocycles. The van der Waals surface area contributed by atoms with Crippen molar-refractivity contribution in [3.63, 3.8) is 0 Å². The Kier molecular flexibility index (Phi) is 5.22. The Morgan fingerprint density at radius 2 is 2.47 bits per heavy atom. The van der Waals surface area contributed by atoms with Gasteiger partial charge in [0.05, 0.1) is 10.4 Å². The molecule has 0 saturated carbocycles. The van der Waals surface area contributed by atoms with Gasteiger partial charge in [-0.1, -0.05) is 6.07 Å². The number of thioether (sulfide) groups is 1. The lowest BCUT2D eigenvalue weighted by molar-refractivity contribution is -0.130. The monoisotopic (exact) mass is 279 g/mol. The lowest BCUT2D eigenvalue weighted by Gasteiger charge is -2.32. The van der Waals surface area contributed by atoms with Crippen molar-refractivity contribution in [2.45, 2.75) is 24.8 Å². The fourth-order valence-electron chi connectivity index (χ4n) is 2.22. The van der Waals surface area contributed by atoms with Crippen LogP contribution in [0.1, 0.15) is 19.8 Å². The first-order valence-corrected chi connectivity index (χ1v) is 7.72. The van der Waals surface area contributed by atoms with Crippen molar-refractivity contribution in [2.75, 3.05) is 25.4 Å². The number of carbonyl (C=O) groups excluding carboxylic acids is 1. The molecule has 0 unspecified atom stereocenters. The second-order valence-electron chi connectivity index (χ2n) is 5.11. The van der Waals surface area contributed by atoms with Crippen molar-refractivity contribution in [1.82, 2.24) is 15.6 Å². The summed E-state index contributed by atoms with van der Waals surface area (Å²) in [6.45, 7) is 4.54. The van der Waals surface area contributed by atoms with E-state index in [4.69, 9.17) is 0 Å². The number of hydrogen-bond donors (Lipinski definition) is 2. The molecule has 4 nitrogen and oxygen atoms in total. The normalized spacial score (nSPS) is 23.0. The van der Waals surface area contributed by atoms with E-state index < -0.39 is 0 Å². The molecule has 0 spiro atoms. The minimum Gasteiger partial charge on any atom is -0.355 e. The molecule has 0 aromatic carbocycles. The molecule has 5 heteroatoms. The summed E-state index contributed by atoms with van der Waals surface area (Å²) in [5.74, 6) is 1.02. The molecular weight excluding hydrogens is 258 g/mol. The molecule has 0 bridgehead atoms. The van der Waals surface area contributed by atoms with Gasteiger partial charge in [-0.3, -0.25) is 4.79 Å². The zero-order chi connectivity index (χ0) is 13.6. The molecule has 1 aromatic rings. The van der Waals surface area contributed by atoms with Crippen molar-refractivity contribution in [1.29, 1.82) is 0 Å². The lowest BCUT2D eigenvalue weighted by Crippen LogP contribution is -2.49. The number of carbonyl (C=O) groups is 1. The number of piperidine rings is 1. The van der Waals surface area contributed by atoms with E-state index in [0.29, 0.717) is 6.54 Å². The molecule has 1 aliphatic heterocycles. The number of hydrogen-bond acceptors (Lipinski definition) is 4. The quantitative estimate of drug-likeness (QED) is 0.636. The molecule has 0 aliphatic carbocycles. The van der Waals surface area contributed by atoms with E-state index in [1.165, 1.54) is 0 Å². The highest BCUT2D eigenvalue weighted by atomic mass is 32.2. The highest BCUT2D eigenvalue weighted by Crippen LogP contribution is 2.25. The molecule has 1 amide bonds. The second-order valence-corrected chi connectivity index (χ2v) is 6.23. The van der Waals surface area contributed by atoms with E-state index in [0.717, 1.165) is 36.7 Å². The zero-order valence-electron chi connectivity index (χ0n) is 11.3. The summed E-state index contributed by atoms with van der Waals surface area (Å²) in [6, 6.07) is 5.87. The van der Waals surface area contributed by atoms with Crippen LogP contribution in [-0.2, 0) is 4.79 Å². The molecule has 2 rings (SSSR count). The maximum absolute atomic E-state index is 12.2. The van der Waals surface area contributed by atoms with Gasteiger partial charge in [-0.05, 0) is 38.4 Å². The summed E-state index contributed by atoms with van der Waals surface area (Å²) in [4.78, 5) is 16.4. The van der Waals surface area contributed by atoms with E-state index in [2.05, 4.69) is 15.6 Å². The largest absolute Gasteiger partial charge is 0.355 e. The number of amides is 1. The van der Waals surface area contributed by atoms with Gasteiger partial charge in [0, 0.05) is 25.0 Å². The Hall–Kier alpha value is -1.07. The molecule has 1 aliphatic rings. The van der Waals surface area contributed by atoms with Gasteiger partial charge in [-0.2, -0.15) is 0 Å². The van der Waals surface area contributed by atoms with Gasteiger partial charge in [0.25, 0.3) is 0 Å². The van der Waals surface area contributed by atoms with Gasteiger partial charge in [-0.15, -0.1) is 11.8 Å². The smallest absolute Gasteiger partial charge is 0.227 e. The highest BCUT2D eigenvalue weighted by Gasteiger charge is 2.34. The third-order valence-electron chi connectivity index (χ3n) is 3.42. The summed E-state index contributed by atoms with van der Waals surface area (Å²) in [7, 11) is 0. The maximum Gasteiger partial charge on any atom is 0.227 e. The molecular formula is C14H21N3OS. The van der Waals surface area contributed by atoms with Crippen LogP contribution in [0.4, 0.5) is 0 Å². The predicted octanol–water partition coefficient (Wildman–Crippen LogP) is 1.68.